The predicted molar refractivity (Wildman–Crippen MR) is 50.7 cm³/mol. The summed E-state index contributed by atoms with van der Waals surface area (Å²) in [6.07, 6.45) is 0.322. The number of nitrogens with one attached hydrogen (secondary N) is 1. The first-order valence-corrected chi connectivity index (χ1v) is 4.49. The number of aliphatic hydroxyl groups excluding tert-OH is 1. The van der Waals surface area contributed by atoms with Gasteiger partial charge in [-0.05, 0) is 20.3 Å². The van der Waals surface area contributed by atoms with Crippen molar-refractivity contribution in [3.05, 3.63) is 0 Å². The van der Waals surface area contributed by atoms with E-state index >= 15 is 0 Å². The van der Waals surface area contributed by atoms with Gasteiger partial charge in [0.1, 0.15) is 6.04 Å². The normalized spacial score (nSPS) is 13.4. The van der Waals surface area contributed by atoms with E-state index in [1.807, 2.05) is 0 Å². The number of aliphatic hydroxyl groups is 1. The molecule has 0 aliphatic carbocycles. The molecule has 0 aliphatic heterocycles. The molecular weight excluding hydrogens is 186 g/mol. The van der Waals surface area contributed by atoms with Gasteiger partial charge in [0.15, 0.2) is 0 Å². The van der Waals surface area contributed by atoms with E-state index in [-0.39, 0.29) is 6.61 Å². The summed E-state index contributed by atoms with van der Waals surface area (Å²) in [5, 5.41) is 19.9. The van der Waals surface area contributed by atoms with E-state index in [2.05, 4.69) is 5.32 Å². The Balaban J connectivity index is 4.37. The van der Waals surface area contributed by atoms with Gasteiger partial charge < -0.3 is 15.5 Å². The summed E-state index contributed by atoms with van der Waals surface area (Å²) in [7, 11) is 0. The van der Waals surface area contributed by atoms with E-state index in [0.717, 1.165) is 0 Å². The minimum Gasteiger partial charge on any atom is -0.480 e. The largest absolute Gasteiger partial charge is 0.480 e. The van der Waals surface area contributed by atoms with Crippen molar-refractivity contribution in [1.82, 2.24) is 5.32 Å². The first-order chi connectivity index (χ1) is 6.35. The molecule has 14 heavy (non-hydrogen) atoms. The first-order valence-electron chi connectivity index (χ1n) is 4.49. The van der Waals surface area contributed by atoms with Gasteiger partial charge in [0.2, 0.25) is 5.91 Å². The van der Waals surface area contributed by atoms with E-state index in [4.69, 9.17) is 10.2 Å². The van der Waals surface area contributed by atoms with Crippen LogP contribution in [0.25, 0.3) is 0 Å². The molecule has 0 radical (unpaired) electrons. The van der Waals surface area contributed by atoms with Gasteiger partial charge in [-0.2, -0.15) is 0 Å². The van der Waals surface area contributed by atoms with Gasteiger partial charge in [-0.15, -0.1) is 0 Å². The minimum atomic E-state index is -1.06. The highest BCUT2D eigenvalue weighted by Gasteiger charge is 2.29. The molecule has 0 aromatic heterocycles. The van der Waals surface area contributed by atoms with Crippen LogP contribution in [0.2, 0.25) is 0 Å². The van der Waals surface area contributed by atoms with Gasteiger partial charge in [0.25, 0.3) is 0 Å². The fourth-order valence-electron chi connectivity index (χ4n) is 0.764. The summed E-state index contributed by atoms with van der Waals surface area (Å²) in [6, 6.07) is -0.881. The van der Waals surface area contributed by atoms with Crippen molar-refractivity contribution >= 4 is 11.9 Å². The Labute approximate surface area is 83.1 Å². The maximum absolute atomic E-state index is 11.4. The summed E-state index contributed by atoms with van der Waals surface area (Å²) >= 11 is 0. The zero-order valence-corrected chi connectivity index (χ0v) is 8.70. The summed E-state index contributed by atoms with van der Waals surface area (Å²) < 4.78 is 0. The molecule has 0 heterocycles. The second-order valence-electron chi connectivity index (χ2n) is 3.81. The molecule has 0 fully saturated rings. The molecule has 0 bridgehead atoms. The van der Waals surface area contributed by atoms with E-state index < -0.39 is 23.3 Å². The number of hydrogen-bond acceptors (Lipinski definition) is 3. The smallest absolute Gasteiger partial charge is 0.326 e. The Hall–Kier alpha value is -1.10. The van der Waals surface area contributed by atoms with E-state index in [0.29, 0.717) is 6.42 Å². The molecule has 0 rings (SSSR count). The van der Waals surface area contributed by atoms with Crippen molar-refractivity contribution in [2.45, 2.75) is 33.2 Å². The Morgan fingerprint density at radius 3 is 2.21 bits per heavy atom. The van der Waals surface area contributed by atoms with Crippen LogP contribution in [-0.2, 0) is 9.59 Å². The van der Waals surface area contributed by atoms with E-state index in [9.17, 15) is 9.59 Å². The fourth-order valence-corrected chi connectivity index (χ4v) is 0.764. The number of carbonyl (C=O) groups is 2. The van der Waals surface area contributed by atoms with Crippen molar-refractivity contribution in [3.8, 4) is 0 Å². The van der Waals surface area contributed by atoms with Crippen LogP contribution in [0.15, 0.2) is 0 Å². The number of amides is 1. The third-order valence-electron chi connectivity index (χ3n) is 2.02. The van der Waals surface area contributed by atoms with Crippen molar-refractivity contribution < 1.29 is 19.8 Å². The highest BCUT2D eigenvalue weighted by atomic mass is 16.4. The zero-order valence-electron chi connectivity index (χ0n) is 8.70. The third-order valence-corrected chi connectivity index (χ3v) is 2.02. The monoisotopic (exact) mass is 203 g/mol. The molecule has 0 saturated heterocycles. The Morgan fingerprint density at radius 1 is 1.43 bits per heavy atom. The van der Waals surface area contributed by atoms with Gasteiger partial charge in [-0.3, -0.25) is 4.79 Å². The van der Waals surface area contributed by atoms with Crippen molar-refractivity contribution in [2.75, 3.05) is 6.61 Å². The number of carboxylic acid groups (broad SMARTS) is 1. The lowest BCUT2D eigenvalue weighted by molar-refractivity contribution is -0.144. The molecular formula is C9H17NO4. The maximum Gasteiger partial charge on any atom is 0.326 e. The maximum atomic E-state index is 11.4. The second-order valence-corrected chi connectivity index (χ2v) is 3.81. The molecule has 5 nitrogen and oxygen atoms in total. The van der Waals surface area contributed by atoms with Crippen LogP contribution < -0.4 is 5.32 Å². The van der Waals surface area contributed by atoms with Gasteiger partial charge in [-0.25, -0.2) is 4.79 Å². The third kappa shape index (κ3) is 3.33. The average Bonchev–Trinajstić information content (AvgIpc) is 2.12. The Morgan fingerprint density at radius 2 is 1.93 bits per heavy atom. The topological polar surface area (TPSA) is 86.6 Å². The van der Waals surface area contributed by atoms with Crippen molar-refractivity contribution in [1.29, 1.82) is 0 Å². The number of carbonyl (C=O) groups excluding carboxylic acids is 1. The summed E-state index contributed by atoms with van der Waals surface area (Å²) in [5.74, 6) is -1.51. The van der Waals surface area contributed by atoms with Crippen LogP contribution in [0.4, 0.5) is 0 Å². The molecule has 0 aromatic carbocycles. The summed E-state index contributed by atoms with van der Waals surface area (Å²) in [6.45, 7) is 4.47. The number of carboxylic acids is 1. The zero-order chi connectivity index (χ0) is 11.4. The van der Waals surface area contributed by atoms with Crippen LogP contribution in [-0.4, -0.2) is 34.7 Å². The lowest BCUT2D eigenvalue weighted by atomic mass is 9.93. The molecule has 1 atom stereocenters. The summed E-state index contributed by atoms with van der Waals surface area (Å²) in [4.78, 5) is 22.0. The summed E-state index contributed by atoms with van der Waals surface area (Å²) in [5.41, 5.74) is -0.942. The average molecular weight is 203 g/mol. The Kier molecular flexibility index (Phi) is 4.56. The molecule has 0 aliphatic rings. The highest BCUT2D eigenvalue weighted by Crippen LogP contribution is 2.13. The first kappa shape index (κ1) is 12.9. The molecule has 82 valence electrons. The van der Waals surface area contributed by atoms with Crippen LogP contribution in [0.3, 0.4) is 0 Å². The minimum absolute atomic E-state index is 0.311. The van der Waals surface area contributed by atoms with Gasteiger partial charge in [-0.1, -0.05) is 6.92 Å². The van der Waals surface area contributed by atoms with Crippen LogP contribution in [0.1, 0.15) is 27.2 Å². The molecule has 3 N–H and O–H groups in total. The lowest BCUT2D eigenvalue weighted by Gasteiger charge is -2.23. The molecule has 1 unspecified atom stereocenters. The number of aliphatic carboxylic acids is 1. The number of rotatable bonds is 5. The SMILES string of the molecule is CCC(NC(=O)C(C)(C)CO)C(=O)O. The molecule has 5 heteroatoms. The van der Waals surface area contributed by atoms with Crippen LogP contribution in [0, 0.1) is 5.41 Å². The molecule has 0 aromatic rings. The molecule has 1 amide bonds. The lowest BCUT2D eigenvalue weighted by Crippen LogP contribution is -2.47. The van der Waals surface area contributed by atoms with E-state index in [1.54, 1.807) is 20.8 Å². The Bertz CT molecular complexity index is 225. The highest BCUT2D eigenvalue weighted by molar-refractivity contribution is 5.86. The van der Waals surface area contributed by atoms with Crippen LogP contribution >= 0.6 is 0 Å². The van der Waals surface area contributed by atoms with Crippen molar-refractivity contribution in [3.63, 3.8) is 0 Å². The number of hydrogen-bond donors (Lipinski definition) is 3. The second kappa shape index (κ2) is 4.95. The molecule has 0 spiro atoms. The predicted octanol–water partition coefficient (Wildman–Crippen LogP) is -0.0157. The quantitative estimate of drug-likeness (QED) is 0.586. The molecule has 0 saturated carbocycles. The van der Waals surface area contributed by atoms with Gasteiger partial charge in [0.05, 0.1) is 12.0 Å². The van der Waals surface area contributed by atoms with Gasteiger partial charge >= 0.3 is 5.97 Å². The standard InChI is InChI=1S/C9H17NO4/c1-4-6(7(12)13)10-8(14)9(2,3)5-11/h6,11H,4-5H2,1-3H3,(H,10,14)(H,12,13). The van der Waals surface area contributed by atoms with Crippen molar-refractivity contribution in [2.24, 2.45) is 5.41 Å². The fraction of sp³-hybridized carbons (Fsp3) is 0.778. The van der Waals surface area contributed by atoms with E-state index in [1.165, 1.54) is 0 Å². The van der Waals surface area contributed by atoms with Gasteiger partial charge in [0, 0.05) is 0 Å². The van der Waals surface area contributed by atoms with Crippen LogP contribution in [0.5, 0.6) is 0 Å².